The summed E-state index contributed by atoms with van der Waals surface area (Å²) in [6.45, 7) is 0. The minimum absolute atomic E-state index is 0.807. The number of esters is 2. The summed E-state index contributed by atoms with van der Waals surface area (Å²) < 4.78 is 4.31. The molecule has 0 spiro atoms. The van der Waals surface area contributed by atoms with Crippen molar-refractivity contribution in [2.24, 2.45) is 11.3 Å². The fraction of sp³-hybridized carbons (Fsp3) is 0.222. The molecule has 2 atom stereocenters. The third-order valence-corrected chi connectivity index (χ3v) is 2.40. The molecule has 1 aliphatic heterocycles. The molecule has 0 bridgehead atoms. The summed E-state index contributed by atoms with van der Waals surface area (Å²) in [5.74, 6) is -4.21. The normalized spacial score (nSPS) is 34.1. The van der Waals surface area contributed by atoms with Gasteiger partial charge in [0.2, 0.25) is 5.41 Å². The molecule has 1 saturated heterocycles. The van der Waals surface area contributed by atoms with Gasteiger partial charge in [-0.3, -0.25) is 9.59 Å². The van der Waals surface area contributed by atoms with Gasteiger partial charge in [0.1, 0.15) is 5.92 Å². The minimum Gasteiger partial charge on any atom is -0.480 e. The minimum atomic E-state index is -1.84. The number of carbonyl (C=O) groups excluding carboxylic acids is 2. The monoisotopic (exact) mass is 194 g/mol. The topological polar surface area (TPSA) is 80.7 Å². The smallest absolute Gasteiger partial charge is 0.336 e. The van der Waals surface area contributed by atoms with Crippen LogP contribution in [0.25, 0.3) is 0 Å². The quantitative estimate of drug-likeness (QED) is 0.465. The highest BCUT2D eigenvalue weighted by Gasteiger charge is 2.61. The highest BCUT2D eigenvalue weighted by atomic mass is 16.6. The van der Waals surface area contributed by atoms with Crippen molar-refractivity contribution in [2.45, 2.75) is 0 Å². The van der Waals surface area contributed by atoms with Crippen LogP contribution in [-0.4, -0.2) is 23.0 Å². The number of carbonyl (C=O) groups is 3. The van der Waals surface area contributed by atoms with Crippen molar-refractivity contribution in [1.29, 1.82) is 0 Å². The van der Waals surface area contributed by atoms with Gasteiger partial charge in [-0.2, -0.15) is 0 Å². The molecule has 2 aliphatic rings. The van der Waals surface area contributed by atoms with Crippen LogP contribution in [0.15, 0.2) is 24.3 Å². The molecule has 1 aliphatic carbocycles. The maximum absolute atomic E-state index is 11.3. The summed E-state index contributed by atoms with van der Waals surface area (Å²) >= 11 is 0. The predicted molar refractivity (Wildman–Crippen MR) is 42.9 cm³/mol. The van der Waals surface area contributed by atoms with Gasteiger partial charge in [-0.1, -0.05) is 24.3 Å². The lowest BCUT2D eigenvalue weighted by atomic mass is 9.74. The van der Waals surface area contributed by atoms with Crippen molar-refractivity contribution in [3.8, 4) is 0 Å². The second-order valence-corrected chi connectivity index (χ2v) is 3.10. The molecule has 72 valence electrons. The van der Waals surface area contributed by atoms with Gasteiger partial charge in [-0.05, 0) is 0 Å². The van der Waals surface area contributed by atoms with E-state index in [-0.39, 0.29) is 0 Å². The molecule has 1 heterocycles. The lowest BCUT2D eigenvalue weighted by Crippen LogP contribution is -2.40. The fourth-order valence-corrected chi connectivity index (χ4v) is 1.63. The second kappa shape index (κ2) is 2.54. The average Bonchev–Trinajstić information content (AvgIpc) is 2.41. The predicted octanol–water partition coefficient (Wildman–Crippen LogP) is -0.117. The lowest BCUT2D eigenvalue weighted by molar-refractivity contribution is -0.159. The first-order valence-corrected chi connectivity index (χ1v) is 3.94. The Balaban J connectivity index is 2.59. The number of allylic oxidation sites excluding steroid dienone is 2. The molecule has 1 N–H and O–H groups in total. The number of fused-ring (bicyclic) bond motifs is 1. The van der Waals surface area contributed by atoms with Gasteiger partial charge in [0.15, 0.2) is 0 Å². The van der Waals surface area contributed by atoms with Gasteiger partial charge in [-0.25, -0.2) is 4.79 Å². The highest BCUT2D eigenvalue weighted by Crippen LogP contribution is 2.41. The molecule has 0 saturated carbocycles. The maximum Gasteiger partial charge on any atom is 0.336 e. The average molecular weight is 194 g/mol. The summed E-state index contributed by atoms with van der Waals surface area (Å²) in [5.41, 5.74) is -1.84. The Bertz CT molecular complexity index is 392. The maximum atomic E-state index is 11.3. The van der Waals surface area contributed by atoms with Crippen LogP contribution in [0.4, 0.5) is 0 Å². The molecule has 5 nitrogen and oxygen atoms in total. The molecular weight excluding hydrogens is 188 g/mol. The molecule has 1 fully saturated rings. The number of ether oxygens (including phenoxy) is 1. The second-order valence-electron chi connectivity index (χ2n) is 3.10. The van der Waals surface area contributed by atoms with Crippen molar-refractivity contribution < 1.29 is 24.2 Å². The van der Waals surface area contributed by atoms with Crippen LogP contribution < -0.4 is 0 Å². The van der Waals surface area contributed by atoms with Gasteiger partial charge in [0.25, 0.3) is 0 Å². The third-order valence-electron chi connectivity index (χ3n) is 2.40. The number of rotatable bonds is 1. The summed E-state index contributed by atoms with van der Waals surface area (Å²) in [6, 6.07) is 0. The molecule has 2 unspecified atom stereocenters. The van der Waals surface area contributed by atoms with E-state index in [4.69, 9.17) is 5.11 Å². The van der Waals surface area contributed by atoms with Crippen LogP contribution >= 0.6 is 0 Å². The molecular formula is C9H6O5. The van der Waals surface area contributed by atoms with Gasteiger partial charge >= 0.3 is 17.9 Å². The number of cyclic esters (lactones) is 2. The Morgan fingerprint density at radius 1 is 1.43 bits per heavy atom. The van der Waals surface area contributed by atoms with E-state index in [1.807, 2.05) is 0 Å². The van der Waals surface area contributed by atoms with Crippen LogP contribution in [0.5, 0.6) is 0 Å². The van der Waals surface area contributed by atoms with Gasteiger partial charge in [-0.15, -0.1) is 0 Å². The standard InChI is InChI=1S/C9H6O5/c10-6-5-3-1-2-4-9(5,7(11)12)8(13)14-6/h1-5H,(H,11,12). The summed E-state index contributed by atoms with van der Waals surface area (Å²) in [4.78, 5) is 33.4. The number of aliphatic carboxylic acids is 1. The van der Waals surface area contributed by atoms with E-state index in [1.165, 1.54) is 24.3 Å². The number of hydrogen-bond acceptors (Lipinski definition) is 4. The van der Waals surface area contributed by atoms with E-state index in [0.29, 0.717) is 0 Å². The van der Waals surface area contributed by atoms with Crippen LogP contribution in [0.2, 0.25) is 0 Å². The lowest BCUT2D eigenvalue weighted by Gasteiger charge is -2.20. The van der Waals surface area contributed by atoms with Crippen LogP contribution in [0.1, 0.15) is 0 Å². The largest absolute Gasteiger partial charge is 0.480 e. The fourth-order valence-electron chi connectivity index (χ4n) is 1.63. The Morgan fingerprint density at radius 2 is 2.14 bits per heavy atom. The van der Waals surface area contributed by atoms with Crippen molar-refractivity contribution in [1.82, 2.24) is 0 Å². The van der Waals surface area contributed by atoms with E-state index >= 15 is 0 Å². The molecule has 0 aromatic rings. The van der Waals surface area contributed by atoms with Gasteiger partial charge in [0.05, 0.1) is 0 Å². The molecule has 2 rings (SSSR count). The van der Waals surface area contributed by atoms with Crippen molar-refractivity contribution in [3.05, 3.63) is 24.3 Å². The zero-order chi connectivity index (χ0) is 10.3. The van der Waals surface area contributed by atoms with Crippen molar-refractivity contribution in [3.63, 3.8) is 0 Å². The highest BCUT2D eigenvalue weighted by molar-refractivity contribution is 6.14. The first-order valence-electron chi connectivity index (χ1n) is 3.94. The van der Waals surface area contributed by atoms with E-state index in [1.54, 1.807) is 0 Å². The van der Waals surface area contributed by atoms with E-state index < -0.39 is 29.2 Å². The Kier molecular flexibility index (Phi) is 1.57. The Morgan fingerprint density at radius 3 is 2.71 bits per heavy atom. The first kappa shape index (κ1) is 8.68. The summed E-state index contributed by atoms with van der Waals surface area (Å²) in [6.07, 6.45) is 5.49. The van der Waals surface area contributed by atoms with Gasteiger partial charge < -0.3 is 9.84 Å². The zero-order valence-corrected chi connectivity index (χ0v) is 6.97. The number of hydrogen-bond donors (Lipinski definition) is 1. The number of carboxylic acids is 1. The third kappa shape index (κ3) is 0.810. The molecule has 0 aromatic carbocycles. The zero-order valence-electron chi connectivity index (χ0n) is 6.97. The van der Waals surface area contributed by atoms with Crippen LogP contribution in [-0.2, 0) is 19.1 Å². The van der Waals surface area contributed by atoms with Crippen LogP contribution in [0.3, 0.4) is 0 Å². The first-order chi connectivity index (χ1) is 6.59. The summed E-state index contributed by atoms with van der Waals surface area (Å²) in [5, 5.41) is 8.95. The molecule has 14 heavy (non-hydrogen) atoms. The molecule has 5 heteroatoms. The van der Waals surface area contributed by atoms with Gasteiger partial charge in [0, 0.05) is 0 Å². The van der Waals surface area contributed by atoms with E-state index in [0.717, 1.165) is 0 Å². The van der Waals surface area contributed by atoms with Crippen molar-refractivity contribution >= 4 is 17.9 Å². The Labute approximate surface area is 78.7 Å². The molecule has 0 amide bonds. The number of carboxylic acid groups (broad SMARTS) is 1. The summed E-state index contributed by atoms with van der Waals surface area (Å²) in [7, 11) is 0. The van der Waals surface area contributed by atoms with Crippen LogP contribution in [0, 0.1) is 11.3 Å². The SMILES string of the molecule is O=C1OC(=O)C2(C(=O)O)C=CC=CC12. The van der Waals surface area contributed by atoms with E-state index in [2.05, 4.69) is 4.74 Å². The molecule has 0 radical (unpaired) electrons. The Hall–Kier alpha value is -1.91. The molecule has 0 aromatic heterocycles. The van der Waals surface area contributed by atoms with Crippen molar-refractivity contribution in [2.75, 3.05) is 0 Å². The van der Waals surface area contributed by atoms with E-state index in [9.17, 15) is 14.4 Å².